The molecule has 2 unspecified atom stereocenters. The van der Waals surface area contributed by atoms with Crippen molar-refractivity contribution in [2.45, 2.75) is 115 Å². The lowest BCUT2D eigenvalue weighted by Gasteiger charge is -2.27. The molecular formula is C41H45ClF8N8O4. The molecule has 2 aliphatic rings. The molecule has 4 atom stereocenters. The number of carbonyl (C=O) groups is 3. The monoisotopic (exact) mass is 900 g/mol. The van der Waals surface area contributed by atoms with E-state index in [4.69, 9.17) is 4.74 Å². The average Bonchev–Trinajstić information content (AvgIpc) is 3.73. The fourth-order valence-electron chi connectivity index (χ4n) is 6.63. The van der Waals surface area contributed by atoms with Crippen LogP contribution in [-0.4, -0.2) is 94.6 Å². The SMILES string of the molecule is CC1(F)CN[C@H](C(=O)CCc2cc(-c3ccc(C(F)(F)F)nc3)ncn2)C1.CC1(F)C[C@@H](C(=O)CCc2cc(-c3ccc(C(F)(F)F)nc3)ncn2)N(C(=O)OC(C)(C)C)C1.Cl. The van der Waals surface area contributed by atoms with Crippen LogP contribution in [-0.2, 0) is 39.5 Å². The van der Waals surface area contributed by atoms with Gasteiger partial charge in [-0.3, -0.25) is 24.5 Å². The van der Waals surface area contributed by atoms with Crippen molar-refractivity contribution in [2.24, 2.45) is 0 Å². The third-order valence-corrected chi connectivity index (χ3v) is 9.63. The maximum Gasteiger partial charge on any atom is 0.433 e. The van der Waals surface area contributed by atoms with Crippen molar-refractivity contribution >= 4 is 30.1 Å². The number of pyridine rings is 2. The van der Waals surface area contributed by atoms with Crippen molar-refractivity contribution < 1.29 is 54.2 Å². The summed E-state index contributed by atoms with van der Waals surface area (Å²) in [5.74, 6) is -0.420. The third kappa shape index (κ3) is 13.9. The Hall–Kier alpha value is -5.24. The first-order valence-electron chi connectivity index (χ1n) is 19.1. The van der Waals surface area contributed by atoms with Crippen molar-refractivity contribution in [3.05, 3.63) is 84.2 Å². The summed E-state index contributed by atoms with van der Waals surface area (Å²) in [6.07, 6.45) is -4.36. The number of Topliss-reactive ketones (excluding diaryl/α,β-unsaturated/α-hetero) is 2. The highest BCUT2D eigenvalue weighted by molar-refractivity contribution is 5.88. The summed E-state index contributed by atoms with van der Waals surface area (Å²) < 4.78 is 110. The molecule has 2 fully saturated rings. The first-order chi connectivity index (χ1) is 28.3. The van der Waals surface area contributed by atoms with Crippen LogP contribution >= 0.6 is 12.4 Å². The quantitative estimate of drug-likeness (QED) is 0.153. The van der Waals surface area contributed by atoms with Gasteiger partial charge in [-0.1, -0.05) is 0 Å². The first-order valence-corrected chi connectivity index (χ1v) is 19.1. The average molecular weight is 901 g/mol. The maximum absolute atomic E-state index is 14.7. The van der Waals surface area contributed by atoms with Gasteiger partial charge in [0.25, 0.3) is 0 Å². The Kier molecular flexibility index (Phi) is 15.5. The number of ketones is 2. The zero-order valence-electron chi connectivity index (χ0n) is 34.3. The van der Waals surface area contributed by atoms with Crippen LogP contribution in [0.15, 0.2) is 61.4 Å². The molecule has 0 saturated carbocycles. The van der Waals surface area contributed by atoms with Gasteiger partial charge in [-0.15, -0.1) is 12.4 Å². The molecule has 0 radical (unpaired) electrons. The first kappa shape index (κ1) is 49.4. The highest BCUT2D eigenvalue weighted by Crippen LogP contribution is 2.34. The van der Waals surface area contributed by atoms with Crippen LogP contribution < -0.4 is 5.32 Å². The van der Waals surface area contributed by atoms with Crippen molar-refractivity contribution in [3.8, 4) is 22.5 Å². The standard InChI is InChI=1S/C23H26F4N4O3.C18H18F4N4O.ClH/c1-21(2,3)34-20(33)31-12-22(4,24)10-17(31)18(32)7-6-15-9-16(30-13-29-15)14-5-8-19(28-11-14)23(25,26)27;1-17(19)7-14(24-9-17)15(27)4-3-12-6-13(26-10-25-12)11-2-5-16(23-8-11)18(20,21)22;/h5,8-9,11,13,17H,6-7,10,12H2,1-4H3;2,5-6,8,10,14,24H,3-4,7,9H2,1H3;1H/t17-,22?;14-,17?;/m00./s1. The minimum Gasteiger partial charge on any atom is -0.444 e. The minimum absolute atomic E-state index is 0. The number of rotatable bonds is 10. The van der Waals surface area contributed by atoms with E-state index in [9.17, 15) is 49.5 Å². The molecule has 6 rings (SSSR count). The molecule has 0 spiro atoms. The Morgan fingerprint density at radius 1 is 0.726 bits per heavy atom. The van der Waals surface area contributed by atoms with Crippen LogP contribution in [0, 0.1) is 0 Å². The lowest BCUT2D eigenvalue weighted by Crippen LogP contribution is -2.43. The predicted molar refractivity (Wildman–Crippen MR) is 211 cm³/mol. The molecule has 2 saturated heterocycles. The summed E-state index contributed by atoms with van der Waals surface area (Å²) in [6, 6.07) is 6.01. The van der Waals surface area contributed by atoms with Crippen LogP contribution in [0.1, 0.15) is 83.1 Å². The zero-order valence-corrected chi connectivity index (χ0v) is 35.1. The van der Waals surface area contributed by atoms with E-state index in [2.05, 4.69) is 35.2 Å². The van der Waals surface area contributed by atoms with Crippen LogP contribution in [0.25, 0.3) is 22.5 Å². The van der Waals surface area contributed by atoms with Gasteiger partial charge in [0.2, 0.25) is 0 Å². The highest BCUT2D eigenvalue weighted by atomic mass is 35.5. The lowest BCUT2D eigenvalue weighted by molar-refractivity contribution is -0.141. The Labute approximate surface area is 358 Å². The van der Waals surface area contributed by atoms with Crippen LogP contribution in [0.3, 0.4) is 0 Å². The molecule has 21 heteroatoms. The van der Waals surface area contributed by atoms with Gasteiger partial charge in [0.05, 0.1) is 30.0 Å². The number of aromatic nitrogens is 6. The number of aryl methyl sites for hydroxylation is 2. The van der Waals surface area contributed by atoms with E-state index < -0.39 is 58.9 Å². The molecule has 0 aromatic carbocycles. The predicted octanol–water partition coefficient (Wildman–Crippen LogP) is 8.37. The normalized spacial score (nSPS) is 21.4. The van der Waals surface area contributed by atoms with E-state index in [1.165, 1.54) is 38.6 Å². The van der Waals surface area contributed by atoms with E-state index in [-0.39, 0.29) is 69.2 Å². The van der Waals surface area contributed by atoms with Gasteiger partial charge >= 0.3 is 18.4 Å². The fourth-order valence-corrected chi connectivity index (χ4v) is 6.63. The zero-order chi connectivity index (χ0) is 45.0. The summed E-state index contributed by atoms with van der Waals surface area (Å²) in [5.41, 5.74) is -3.26. The van der Waals surface area contributed by atoms with Gasteiger partial charge in [0.1, 0.15) is 46.8 Å². The summed E-state index contributed by atoms with van der Waals surface area (Å²) >= 11 is 0. The third-order valence-electron chi connectivity index (χ3n) is 9.63. The second-order valence-electron chi connectivity index (χ2n) is 16.4. The molecule has 4 aromatic heterocycles. The van der Waals surface area contributed by atoms with E-state index in [1.54, 1.807) is 32.9 Å². The highest BCUT2D eigenvalue weighted by Gasteiger charge is 2.47. The van der Waals surface area contributed by atoms with Gasteiger partial charge in [-0.2, -0.15) is 26.3 Å². The molecule has 6 heterocycles. The molecule has 1 amide bonds. The lowest BCUT2D eigenvalue weighted by atomic mass is 9.99. The number of nitrogens with zero attached hydrogens (tertiary/aromatic N) is 7. The second-order valence-corrected chi connectivity index (χ2v) is 16.4. The Morgan fingerprint density at radius 3 is 1.61 bits per heavy atom. The van der Waals surface area contributed by atoms with Crippen LogP contribution in [0.2, 0.25) is 0 Å². The smallest absolute Gasteiger partial charge is 0.433 e. The number of amides is 1. The second kappa shape index (κ2) is 19.4. The number of ether oxygens (including phenoxy) is 1. The van der Waals surface area contributed by atoms with Gasteiger partial charge in [0.15, 0.2) is 5.78 Å². The molecule has 12 nitrogen and oxygen atoms in total. The number of halogens is 9. The van der Waals surface area contributed by atoms with Crippen LogP contribution in [0.4, 0.5) is 39.9 Å². The largest absolute Gasteiger partial charge is 0.444 e. The van der Waals surface area contributed by atoms with Crippen molar-refractivity contribution in [3.63, 3.8) is 0 Å². The number of likely N-dealkylation sites (tertiary alicyclic amines) is 1. The summed E-state index contributed by atoms with van der Waals surface area (Å²) in [4.78, 5) is 61.9. The number of alkyl halides is 8. The Morgan fingerprint density at radius 2 is 1.21 bits per heavy atom. The van der Waals surface area contributed by atoms with Crippen molar-refractivity contribution in [2.75, 3.05) is 13.1 Å². The van der Waals surface area contributed by atoms with E-state index in [0.717, 1.165) is 29.4 Å². The van der Waals surface area contributed by atoms with E-state index in [1.807, 2.05) is 0 Å². The number of carbonyl (C=O) groups excluding carboxylic acids is 3. The molecular weight excluding hydrogens is 856 g/mol. The topological polar surface area (TPSA) is 153 Å². The number of hydrogen-bond acceptors (Lipinski definition) is 11. The molecule has 0 bridgehead atoms. The molecule has 0 aliphatic carbocycles. The Balaban J connectivity index is 0.000000275. The van der Waals surface area contributed by atoms with Gasteiger partial charge < -0.3 is 10.1 Å². The van der Waals surface area contributed by atoms with Crippen LogP contribution in [0.5, 0.6) is 0 Å². The molecule has 4 aromatic rings. The summed E-state index contributed by atoms with van der Waals surface area (Å²) in [5, 5.41) is 2.88. The summed E-state index contributed by atoms with van der Waals surface area (Å²) in [6.45, 7) is 7.77. The maximum atomic E-state index is 14.7. The fraction of sp³-hybridized carbons (Fsp3) is 0.488. The molecule has 1 N–H and O–H groups in total. The van der Waals surface area contributed by atoms with Gasteiger partial charge in [-0.05, 0) is 83.9 Å². The minimum atomic E-state index is -4.54. The van der Waals surface area contributed by atoms with E-state index >= 15 is 0 Å². The van der Waals surface area contributed by atoms with Gasteiger partial charge in [-0.25, -0.2) is 33.5 Å². The Bertz CT molecular complexity index is 2180. The molecule has 62 heavy (non-hydrogen) atoms. The van der Waals surface area contributed by atoms with Crippen molar-refractivity contribution in [1.29, 1.82) is 0 Å². The summed E-state index contributed by atoms with van der Waals surface area (Å²) in [7, 11) is 0. The van der Waals surface area contributed by atoms with E-state index in [0.29, 0.717) is 40.3 Å². The molecule has 2 aliphatic heterocycles. The number of nitrogens with one attached hydrogen (secondary N) is 1. The number of hydrogen-bond donors (Lipinski definition) is 1. The van der Waals surface area contributed by atoms with Crippen molar-refractivity contribution in [1.82, 2.24) is 40.1 Å². The molecule has 336 valence electrons. The van der Waals surface area contributed by atoms with Gasteiger partial charge in [0, 0.05) is 67.1 Å².